The fourth-order valence-corrected chi connectivity index (χ4v) is 4.29. The van der Waals surface area contributed by atoms with Crippen LogP contribution in [-0.2, 0) is 6.54 Å². The van der Waals surface area contributed by atoms with E-state index in [1.54, 1.807) is 9.91 Å². The van der Waals surface area contributed by atoms with Gasteiger partial charge in [0.15, 0.2) is 11.4 Å². The van der Waals surface area contributed by atoms with Gasteiger partial charge in [0.25, 0.3) is 11.8 Å². The smallest absolute Gasteiger partial charge is 0.278 e. The number of pyridine rings is 1. The average molecular weight is 464 g/mol. The molecule has 0 saturated carbocycles. The van der Waals surface area contributed by atoms with Crippen LogP contribution in [0.3, 0.4) is 0 Å². The second kappa shape index (κ2) is 8.45. The Labute approximate surface area is 187 Å². The minimum atomic E-state index is -1.19. The normalized spacial score (nSPS) is 20.2. The number of benzene rings is 1. The van der Waals surface area contributed by atoms with Crippen molar-refractivity contribution in [1.29, 1.82) is 0 Å². The number of amides is 2. The van der Waals surface area contributed by atoms with E-state index in [0.717, 1.165) is 25.5 Å². The van der Waals surface area contributed by atoms with Gasteiger partial charge >= 0.3 is 0 Å². The van der Waals surface area contributed by atoms with E-state index in [0.29, 0.717) is 12.1 Å². The molecule has 2 aliphatic rings. The number of halogens is 3. The van der Waals surface area contributed by atoms with Gasteiger partial charge in [-0.15, -0.1) is 0 Å². The van der Waals surface area contributed by atoms with E-state index in [2.05, 4.69) is 5.32 Å². The van der Waals surface area contributed by atoms with Crippen LogP contribution in [0.2, 0.25) is 0 Å². The first-order valence-electron chi connectivity index (χ1n) is 10.6. The molecule has 2 aromatic rings. The maximum Gasteiger partial charge on any atom is 0.278 e. The molecule has 176 valence electrons. The van der Waals surface area contributed by atoms with Gasteiger partial charge in [0.1, 0.15) is 29.7 Å². The second-order valence-electron chi connectivity index (χ2n) is 8.43. The van der Waals surface area contributed by atoms with Gasteiger partial charge < -0.3 is 15.3 Å². The Balaban J connectivity index is 1.71. The lowest BCUT2D eigenvalue weighted by Gasteiger charge is -2.46. The summed E-state index contributed by atoms with van der Waals surface area (Å²) in [6.07, 6.45) is 3.60. The van der Waals surface area contributed by atoms with Crippen molar-refractivity contribution in [1.82, 2.24) is 14.9 Å². The van der Waals surface area contributed by atoms with Gasteiger partial charge in [0.2, 0.25) is 5.43 Å². The van der Waals surface area contributed by atoms with E-state index >= 15 is 0 Å². The standard InChI is InChI=1S/C22H23F3N4O4/c1-11-4-3-5-12(2)29-10-27(11)22(33)18-20(31)19(30)15(9-28(18)29)21(32)26-8-14-16(24)6-13(23)7-17(14)25/h6-7,9,11-12,31H,3-5,8,10H2,1-2H3,(H,26,32)/t11?,12-/m1/s1. The molecule has 2 aliphatic heterocycles. The molecule has 2 amide bonds. The molecule has 4 rings (SSSR count). The molecule has 1 fully saturated rings. The second-order valence-corrected chi connectivity index (χ2v) is 8.43. The molecule has 1 aromatic heterocycles. The maximum atomic E-state index is 13.9. The summed E-state index contributed by atoms with van der Waals surface area (Å²) in [7, 11) is 0. The van der Waals surface area contributed by atoms with Crippen LogP contribution in [0.15, 0.2) is 23.1 Å². The number of carbonyl (C=O) groups is 2. The Morgan fingerprint density at radius 2 is 1.76 bits per heavy atom. The number of carbonyl (C=O) groups excluding carboxylic acids is 2. The quantitative estimate of drug-likeness (QED) is 0.727. The summed E-state index contributed by atoms with van der Waals surface area (Å²) in [5.41, 5.74) is -2.39. The molecule has 1 unspecified atom stereocenters. The highest BCUT2D eigenvalue weighted by molar-refractivity contribution is 5.99. The lowest BCUT2D eigenvalue weighted by Crippen LogP contribution is -2.60. The van der Waals surface area contributed by atoms with Crippen LogP contribution in [0.5, 0.6) is 5.75 Å². The van der Waals surface area contributed by atoms with Gasteiger partial charge in [0.05, 0.1) is 0 Å². The summed E-state index contributed by atoms with van der Waals surface area (Å²) in [5, 5.41) is 14.6. The number of aromatic hydroxyl groups is 1. The first kappa shape index (κ1) is 22.7. The van der Waals surface area contributed by atoms with Crippen molar-refractivity contribution in [2.45, 2.75) is 51.7 Å². The fraction of sp³-hybridized carbons (Fsp3) is 0.409. The molecule has 8 nitrogen and oxygen atoms in total. The Morgan fingerprint density at radius 3 is 2.42 bits per heavy atom. The number of aromatic nitrogens is 1. The van der Waals surface area contributed by atoms with E-state index < -0.39 is 58.1 Å². The minimum absolute atomic E-state index is 0.0629. The molecular weight excluding hydrogens is 441 g/mol. The molecular formula is C22H23F3N4O4. The molecule has 0 spiro atoms. The maximum absolute atomic E-state index is 13.9. The molecule has 2 bridgehead atoms. The van der Waals surface area contributed by atoms with Gasteiger partial charge in [-0.25, -0.2) is 13.2 Å². The molecule has 0 aliphatic carbocycles. The first-order chi connectivity index (χ1) is 15.6. The van der Waals surface area contributed by atoms with Gasteiger partial charge in [-0.1, -0.05) is 0 Å². The van der Waals surface area contributed by atoms with Crippen LogP contribution < -0.4 is 15.8 Å². The third-order valence-corrected chi connectivity index (χ3v) is 6.26. The van der Waals surface area contributed by atoms with Crippen molar-refractivity contribution < 1.29 is 27.9 Å². The number of rotatable bonds is 3. The van der Waals surface area contributed by atoms with Crippen LogP contribution in [0.25, 0.3) is 0 Å². The first-order valence-corrected chi connectivity index (χ1v) is 10.6. The highest BCUT2D eigenvalue weighted by atomic mass is 19.1. The van der Waals surface area contributed by atoms with Crippen LogP contribution in [0, 0.1) is 17.5 Å². The van der Waals surface area contributed by atoms with E-state index in [1.807, 2.05) is 13.8 Å². The molecule has 33 heavy (non-hydrogen) atoms. The number of nitrogens with zero attached hydrogens (tertiary/aromatic N) is 3. The topological polar surface area (TPSA) is 94.9 Å². The predicted octanol–water partition coefficient (Wildman–Crippen LogP) is 2.21. The Bertz CT molecular complexity index is 1180. The van der Waals surface area contributed by atoms with Crippen molar-refractivity contribution >= 4 is 11.8 Å². The van der Waals surface area contributed by atoms with E-state index in [1.165, 1.54) is 4.68 Å². The summed E-state index contributed by atoms with van der Waals surface area (Å²) in [6, 6.07) is 0.795. The Morgan fingerprint density at radius 1 is 1.12 bits per heavy atom. The zero-order chi connectivity index (χ0) is 24.0. The molecule has 1 aromatic carbocycles. The van der Waals surface area contributed by atoms with Gasteiger partial charge in [-0.2, -0.15) is 0 Å². The van der Waals surface area contributed by atoms with Crippen molar-refractivity contribution in [3.05, 3.63) is 62.8 Å². The zero-order valence-corrected chi connectivity index (χ0v) is 18.1. The van der Waals surface area contributed by atoms with E-state index in [-0.39, 0.29) is 24.4 Å². The Hall–Kier alpha value is -3.50. The van der Waals surface area contributed by atoms with Crippen molar-refractivity contribution in [2.24, 2.45) is 0 Å². The molecule has 0 radical (unpaired) electrons. The lowest BCUT2D eigenvalue weighted by atomic mass is 10.0. The number of nitrogens with one attached hydrogen (secondary N) is 1. The van der Waals surface area contributed by atoms with Crippen molar-refractivity contribution in [2.75, 3.05) is 11.7 Å². The highest BCUT2D eigenvalue weighted by Gasteiger charge is 2.38. The van der Waals surface area contributed by atoms with Gasteiger partial charge in [-0.05, 0) is 33.1 Å². The molecule has 2 atom stereocenters. The number of hydrogen-bond donors (Lipinski definition) is 2. The minimum Gasteiger partial charge on any atom is -0.502 e. The third-order valence-electron chi connectivity index (χ3n) is 6.26. The summed E-state index contributed by atoms with van der Waals surface area (Å²) in [6.45, 7) is 3.39. The molecule has 3 heterocycles. The Kier molecular flexibility index (Phi) is 5.81. The average Bonchev–Trinajstić information content (AvgIpc) is 2.74. The largest absolute Gasteiger partial charge is 0.502 e. The highest BCUT2D eigenvalue weighted by Crippen LogP contribution is 2.28. The number of hydrogen-bond acceptors (Lipinski definition) is 5. The van der Waals surface area contributed by atoms with Crippen molar-refractivity contribution in [3.8, 4) is 5.75 Å². The monoisotopic (exact) mass is 464 g/mol. The van der Waals surface area contributed by atoms with Crippen LogP contribution in [-0.4, -0.2) is 45.2 Å². The fourth-order valence-electron chi connectivity index (χ4n) is 4.29. The SMILES string of the molecule is CC1CCC[C@@H](C)N2CN1C(=O)c1c(O)c(=O)c(C(=O)NCc3c(F)cc(F)cc3F)cn12. The summed E-state index contributed by atoms with van der Waals surface area (Å²) in [5.74, 6) is -5.88. The summed E-state index contributed by atoms with van der Waals surface area (Å²) in [4.78, 5) is 40.1. The molecule has 1 saturated heterocycles. The van der Waals surface area contributed by atoms with Gasteiger partial charge in [0, 0.05) is 42.5 Å². The van der Waals surface area contributed by atoms with E-state index in [4.69, 9.17) is 0 Å². The lowest BCUT2D eigenvalue weighted by molar-refractivity contribution is 0.0565. The summed E-state index contributed by atoms with van der Waals surface area (Å²) < 4.78 is 42.2. The number of fused-ring (bicyclic) bond motifs is 4. The van der Waals surface area contributed by atoms with Crippen LogP contribution in [0.4, 0.5) is 13.2 Å². The molecule has 11 heteroatoms. The molecule has 2 N–H and O–H groups in total. The van der Waals surface area contributed by atoms with Gasteiger partial charge in [-0.3, -0.25) is 24.1 Å². The third kappa shape index (κ3) is 3.91. The summed E-state index contributed by atoms with van der Waals surface area (Å²) >= 11 is 0. The van der Waals surface area contributed by atoms with E-state index in [9.17, 15) is 32.7 Å². The van der Waals surface area contributed by atoms with Crippen LogP contribution >= 0.6 is 0 Å². The van der Waals surface area contributed by atoms with Crippen LogP contribution in [0.1, 0.15) is 59.5 Å². The predicted molar refractivity (Wildman–Crippen MR) is 112 cm³/mol. The van der Waals surface area contributed by atoms with Crippen molar-refractivity contribution in [3.63, 3.8) is 0 Å². The zero-order valence-electron chi connectivity index (χ0n) is 18.1.